The summed E-state index contributed by atoms with van der Waals surface area (Å²) in [6, 6.07) is 11.6. The number of thioether (sulfide) groups is 1. The normalized spacial score (nSPS) is 10.8. The number of carbonyl (C=O) groups excluding carboxylic acids is 1. The summed E-state index contributed by atoms with van der Waals surface area (Å²) in [5.41, 5.74) is 1.19. The van der Waals surface area contributed by atoms with E-state index in [0.29, 0.717) is 28.3 Å². The molecule has 0 aliphatic heterocycles. The van der Waals surface area contributed by atoms with Crippen LogP contribution in [0.25, 0.3) is 0 Å². The third-order valence-electron chi connectivity index (χ3n) is 4.03. The quantitative estimate of drug-likeness (QED) is 0.520. The number of para-hydroxylation sites is 1. The Morgan fingerprint density at radius 1 is 1.28 bits per heavy atom. The van der Waals surface area contributed by atoms with Crippen molar-refractivity contribution in [1.29, 1.82) is 0 Å². The van der Waals surface area contributed by atoms with E-state index < -0.39 is 5.82 Å². The van der Waals surface area contributed by atoms with Crippen LogP contribution >= 0.6 is 23.4 Å². The molecule has 29 heavy (non-hydrogen) atoms. The molecule has 1 N–H and O–H groups in total. The third-order valence-corrected chi connectivity index (χ3v) is 5.31. The lowest BCUT2D eigenvalue weighted by Gasteiger charge is -2.10. The van der Waals surface area contributed by atoms with E-state index in [1.807, 2.05) is 30.5 Å². The molecular formula is C20H20ClFN4O2S. The molecule has 1 aromatic heterocycles. The number of hydrogen-bond acceptors (Lipinski definition) is 5. The van der Waals surface area contributed by atoms with Crippen molar-refractivity contribution in [2.75, 3.05) is 11.1 Å². The Morgan fingerprint density at radius 2 is 2.07 bits per heavy atom. The molecule has 0 aliphatic carbocycles. The number of rotatable bonds is 8. The van der Waals surface area contributed by atoms with Crippen LogP contribution in [0.2, 0.25) is 5.02 Å². The number of carbonyl (C=O) groups is 1. The fourth-order valence-electron chi connectivity index (χ4n) is 2.59. The summed E-state index contributed by atoms with van der Waals surface area (Å²) >= 11 is 7.39. The predicted octanol–water partition coefficient (Wildman–Crippen LogP) is 4.71. The molecule has 0 radical (unpaired) electrons. The second-order valence-electron chi connectivity index (χ2n) is 6.18. The second kappa shape index (κ2) is 9.76. The third kappa shape index (κ3) is 5.48. The number of halogens is 2. The first-order valence-electron chi connectivity index (χ1n) is 8.96. The van der Waals surface area contributed by atoms with Crippen LogP contribution in [-0.2, 0) is 17.9 Å². The molecule has 152 valence electrons. The zero-order valence-corrected chi connectivity index (χ0v) is 17.6. The van der Waals surface area contributed by atoms with Crippen molar-refractivity contribution in [3.63, 3.8) is 0 Å². The SMILES string of the molecule is CCn1c(COc2cc(C)ccc2Cl)nnc1SCC(=O)Nc1ccccc1F. The highest BCUT2D eigenvalue weighted by molar-refractivity contribution is 7.99. The molecule has 0 aliphatic rings. The lowest BCUT2D eigenvalue weighted by molar-refractivity contribution is -0.113. The van der Waals surface area contributed by atoms with Gasteiger partial charge in [0.2, 0.25) is 5.91 Å². The van der Waals surface area contributed by atoms with Gasteiger partial charge in [0.15, 0.2) is 11.0 Å². The van der Waals surface area contributed by atoms with Gasteiger partial charge in [-0.1, -0.05) is 41.6 Å². The van der Waals surface area contributed by atoms with Crippen molar-refractivity contribution < 1.29 is 13.9 Å². The molecule has 3 rings (SSSR count). The predicted molar refractivity (Wildman–Crippen MR) is 112 cm³/mol. The smallest absolute Gasteiger partial charge is 0.234 e. The summed E-state index contributed by atoms with van der Waals surface area (Å²) < 4.78 is 21.3. The van der Waals surface area contributed by atoms with Crippen LogP contribution in [0.4, 0.5) is 10.1 Å². The van der Waals surface area contributed by atoms with E-state index in [0.717, 1.165) is 5.56 Å². The molecule has 0 spiro atoms. The van der Waals surface area contributed by atoms with Crippen LogP contribution in [-0.4, -0.2) is 26.4 Å². The largest absolute Gasteiger partial charge is 0.484 e. The molecule has 6 nitrogen and oxygen atoms in total. The van der Waals surface area contributed by atoms with Crippen LogP contribution in [0.5, 0.6) is 5.75 Å². The van der Waals surface area contributed by atoms with Gasteiger partial charge in [-0.15, -0.1) is 10.2 Å². The summed E-state index contributed by atoms with van der Waals surface area (Å²) in [7, 11) is 0. The molecule has 2 aromatic carbocycles. The Kier molecular flexibility index (Phi) is 7.11. The molecule has 1 amide bonds. The van der Waals surface area contributed by atoms with Gasteiger partial charge in [0.1, 0.15) is 18.2 Å². The van der Waals surface area contributed by atoms with Crippen LogP contribution < -0.4 is 10.1 Å². The minimum atomic E-state index is -0.475. The van der Waals surface area contributed by atoms with Crippen molar-refractivity contribution in [3.05, 3.63) is 64.7 Å². The van der Waals surface area contributed by atoms with Gasteiger partial charge >= 0.3 is 0 Å². The number of hydrogen-bond donors (Lipinski definition) is 1. The fourth-order valence-corrected chi connectivity index (χ4v) is 3.59. The van der Waals surface area contributed by atoms with E-state index in [-0.39, 0.29) is 24.0 Å². The van der Waals surface area contributed by atoms with Crippen molar-refractivity contribution >= 4 is 35.0 Å². The van der Waals surface area contributed by atoms with Crippen LogP contribution in [0.3, 0.4) is 0 Å². The highest BCUT2D eigenvalue weighted by Crippen LogP contribution is 2.26. The number of ether oxygens (including phenoxy) is 1. The summed E-state index contributed by atoms with van der Waals surface area (Å²) in [6.07, 6.45) is 0. The van der Waals surface area contributed by atoms with E-state index in [9.17, 15) is 9.18 Å². The maximum atomic E-state index is 13.6. The second-order valence-corrected chi connectivity index (χ2v) is 7.53. The zero-order valence-electron chi connectivity index (χ0n) is 16.0. The number of nitrogens with one attached hydrogen (secondary N) is 1. The van der Waals surface area contributed by atoms with Gasteiger partial charge < -0.3 is 14.6 Å². The average Bonchev–Trinajstić information content (AvgIpc) is 3.10. The maximum absolute atomic E-state index is 13.6. The topological polar surface area (TPSA) is 69.0 Å². The number of anilines is 1. The summed E-state index contributed by atoms with van der Waals surface area (Å²) in [6.45, 7) is 4.73. The molecule has 9 heteroatoms. The fraction of sp³-hybridized carbons (Fsp3) is 0.250. The van der Waals surface area contributed by atoms with Gasteiger partial charge in [-0.3, -0.25) is 4.79 Å². The summed E-state index contributed by atoms with van der Waals surface area (Å²) in [5, 5.41) is 12.0. The van der Waals surface area contributed by atoms with E-state index in [1.54, 1.807) is 18.2 Å². The van der Waals surface area contributed by atoms with Gasteiger partial charge in [-0.05, 0) is 43.7 Å². The first-order chi connectivity index (χ1) is 14.0. The molecule has 3 aromatic rings. The number of amides is 1. The minimum Gasteiger partial charge on any atom is -0.484 e. The number of nitrogens with zero attached hydrogens (tertiary/aromatic N) is 3. The highest BCUT2D eigenvalue weighted by Gasteiger charge is 2.15. The van der Waals surface area contributed by atoms with Crippen molar-refractivity contribution in [2.45, 2.75) is 32.2 Å². The van der Waals surface area contributed by atoms with Crippen molar-refractivity contribution in [2.24, 2.45) is 0 Å². The lowest BCUT2D eigenvalue weighted by atomic mass is 10.2. The van der Waals surface area contributed by atoms with Crippen molar-refractivity contribution in [3.8, 4) is 5.75 Å². The molecule has 0 saturated carbocycles. The molecule has 0 saturated heterocycles. The Labute approximate surface area is 177 Å². The van der Waals surface area contributed by atoms with Gasteiger partial charge in [-0.25, -0.2) is 4.39 Å². The molecule has 0 atom stereocenters. The number of aryl methyl sites for hydroxylation is 1. The molecule has 1 heterocycles. The minimum absolute atomic E-state index is 0.0804. The van der Waals surface area contributed by atoms with E-state index >= 15 is 0 Å². The maximum Gasteiger partial charge on any atom is 0.234 e. The van der Waals surface area contributed by atoms with Crippen LogP contribution in [0.15, 0.2) is 47.6 Å². The number of benzene rings is 2. The van der Waals surface area contributed by atoms with Crippen LogP contribution in [0.1, 0.15) is 18.3 Å². The monoisotopic (exact) mass is 434 g/mol. The zero-order chi connectivity index (χ0) is 20.8. The van der Waals surface area contributed by atoms with E-state index in [1.165, 1.54) is 23.9 Å². The average molecular weight is 435 g/mol. The number of aromatic nitrogens is 3. The van der Waals surface area contributed by atoms with Gasteiger partial charge in [0.25, 0.3) is 0 Å². The Bertz CT molecular complexity index is 1010. The van der Waals surface area contributed by atoms with Gasteiger partial charge in [0, 0.05) is 6.54 Å². The lowest BCUT2D eigenvalue weighted by Crippen LogP contribution is -2.15. The first kappa shape index (κ1) is 21.1. The van der Waals surface area contributed by atoms with Crippen LogP contribution in [0, 0.1) is 12.7 Å². The molecular weight excluding hydrogens is 415 g/mol. The van der Waals surface area contributed by atoms with Crippen molar-refractivity contribution in [1.82, 2.24) is 14.8 Å². The van der Waals surface area contributed by atoms with Gasteiger partial charge in [0.05, 0.1) is 16.5 Å². The van der Waals surface area contributed by atoms with Gasteiger partial charge in [-0.2, -0.15) is 0 Å². The van der Waals surface area contributed by atoms with E-state index in [4.69, 9.17) is 16.3 Å². The molecule has 0 unspecified atom stereocenters. The summed E-state index contributed by atoms with van der Waals surface area (Å²) in [4.78, 5) is 12.1. The Balaban J connectivity index is 1.61. The standard InChI is InChI=1S/C20H20ClFN4O2S/c1-3-26-18(11-28-17-10-13(2)8-9-14(17)21)24-25-20(26)29-12-19(27)23-16-7-5-4-6-15(16)22/h4-10H,3,11-12H2,1-2H3,(H,23,27). The Hall–Kier alpha value is -2.58. The molecule has 0 bridgehead atoms. The molecule has 0 fully saturated rings. The highest BCUT2D eigenvalue weighted by atomic mass is 35.5. The summed E-state index contributed by atoms with van der Waals surface area (Å²) in [5.74, 6) is 0.488. The Morgan fingerprint density at radius 3 is 2.83 bits per heavy atom. The van der Waals surface area contributed by atoms with E-state index in [2.05, 4.69) is 15.5 Å². The first-order valence-corrected chi connectivity index (χ1v) is 10.3.